The molecule has 0 radical (unpaired) electrons. The van der Waals surface area contributed by atoms with Gasteiger partial charge in [0.05, 0.1) is 11.4 Å². The highest BCUT2D eigenvalue weighted by atomic mass is 79.9. The van der Waals surface area contributed by atoms with Gasteiger partial charge in [-0.15, -0.1) is 16.4 Å². The van der Waals surface area contributed by atoms with Crippen molar-refractivity contribution in [1.29, 1.82) is 0 Å². The molecule has 29 heavy (non-hydrogen) atoms. The molecule has 0 bridgehead atoms. The summed E-state index contributed by atoms with van der Waals surface area (Å²) in [6.45, 7) is 1.85. The molecule has 0 fully saturated rings. The van der Waals surface area contributed by atoms with Crippen molar-refractivity contribution in [3.8, 4) is 10.6 Å². The van der Waals surface area contributed by atoms with E-state index >= 15 is 0 Å². The van der Waals surface area contributed by atoms with E-state index in [0.29, 0.717) is 21.4 Å². The highest BCUT2D eigenvalue weighted by molar-refractivity contribution is 9.10. The van der Waals surface area contributed by atoms with E-state index in [4.69, 9.17) is 0 Å². The standard InChI is InChI=1S/C19H15BrN6OS2/c1-11-16(29-18(21-11)12-6-4-3-5-7-12)17(27)22-14-10-13(20)8-9-15(14)28-19-23-24-25-26(19)2/h3-10H,1-2H3,(H,22,27). The number of aryl methyl sites for hydroxylation is 2. The zero-order chi connectivity index (χ0) is 20.4. The fraction of sp³-hybridized carbons (Fsp3) is 0.105. The quantitative estimate of drug-likeness (QED) is 0.435. The Balaban J connectivity index is 1.61. The van der Waals surface area contributed by atoms with Gasteiger partial charge in [-0.3, -0.25) is 4.79 Å². The van der Waals surface area contributed by atoms with Crippen molar-refractivity contribution >= 4 is 50.6 Å². The van der Waals surface area contributed by atoms with E-state index in [1.165, 1.54) is 23.1 Å². The number of thiazole rings is 1. The number of amides is 1. The number of nitrogens with zero attached hydrogens (tertiary/aromatic N) is 5. The zero-order valence-electron chi connectivity index (χ0n) is 15.5. The summed E-state index contributed by atoms with van der Waals surface area (Å²) in [5.74, 6) is -0.196. The topological polar surface area (TPSA) is 85.6 Å². The minimum Gasteiger partial charge on any atom is -0.320 e. The highest BCUT2D eigenvalue weighted by Gasteiger charge is 2.18. The number of anilines is 1. The molecule has 1 N–H and O–H groups in total. The molecular weight excluding hydrogens is 472 g/mol. The summed E-state index contributed by atoms with van der Waals surface area (Å²) in [5.41, 5.74) is 2.37. The molecule has 2 heterocycles. The van der Waals surface area contributed by atoms with Gasteiger partial charge in [0.1, 0.15) is 9.88 Å². The first kappa shape index (κ1) is 19.7. The van der Waals surface area contributed by atoms with Gasteiger partial charge in [0.15, 0.2) is 0 Å². The normalized spacial score (nSPS) is 10.9. The molecule has 0 aliphatic heterocycles. The third kappa shape index (κ3) is 4.39. The lowest BCUT2D eigenvalue weighted by Crippen LogP contribution is -2.12. The summed E-state index contributed by atoms with van der Waals surface area (Å²) in [6.07, 6.45) is 0. The maximum atomic E-state index is 13.0. The molecular formula is C19H15BrN6OS2. The number of carbonyl (C=O) groups is 1. The van der Waals surface area contributed by atoms with E-state index in [0.717, 1.165) is 19.9 Å². The van der Waals surface area contributed by atoms with Gasteiger partial charge in [-0.05, 0) is 47.3 Å². The van der Waals surface area contributed by atoms with Gasteiger partial charge in [-0.25, -0.2) is 9.67 Å². The number of benzene rings is 2. The molecule has 0 aliphatic carbocycles. The summed E-state index contributed by atoms with van der Waals surface area (Å²) < 4.78 is 2.44. The minimum absolute atomic E-state index is 0.196. The van der Waals surface area contributed by atoms with Crippen molar-refractivity contribution in [3.05, 3.63) is 63.6 Å². The third-order valence-electron chi connectivity index (χ3n) is 4.00. The number of carbonyl (C=O) groups excluding carboxylic acids is 1. The average Bonchev–Trinajstić information content (AvgIpc) is 3.30. The number of rotatable bonds is 5. The van der Waals surface area contributed by atoms with Crippen molar-refractivity contribution < 1.29 is 4.79 Å². The number of nitrogens with one attached hydrogen (secondary N) is 1. The molecule has 4 aromatic rings. The van der Waals surface area contributed by atoms with Crippen molar-refractivity contribution in [2.24, 2.45) is 7.05 Å². The Morgan fingerprint density at radius 3 is 2.72 bits per heavy atom. The van der Waals surface area contributed by atoms with Gasteiger partial charge in [0.2, 0.25) is 5.16 Å². The van der Waals surface area contributed by atoms with Crippen molar-refractivity contribution in [2.45, 2.75) is 17.0 Å². The first-order valence-corrected chi connectivity index (χ1v) is 11.0. The van der Waals surface area contributed by atoms with Crippen LogP contribution in [0.2, 0.25) is 0 Å². The monoisotopic (exact) mass is 486 g/mol. The van der Waals surface area contributed by atoms with Crippen LogP contribution < -0.4 is 5.32 Å². The van der Waals surface area contributed by atoms with Gasteiger partial charge in [0, 0.05) is 22.0 Å². The first-order chi connectivity index (χ1) is 14.0. The highest BCUT2D eigenvalue weighted by Crippen LogP contribution is 2.35. The van der Waals surface area contributed by atoms with Gasteiger partial charge in [-0.2, -0.15) is 0 Å². The van der Waals surface area contributed by atoms with Crippen LogP contribution >= 0.6 is 39.0 Å². The second-order valence-electron chi connectivity index (χ2n) is 6.08. The van der Waals surface area contributed by atoms with Crippen LogP contribution in [0.5, 0.6) is 0 Å². The maximum absolute atomic E-state index is 13.0. The zero-order valence-corrected chi connectivity index (χ0v) is 18.7. The van der Waals surface area contributed by atoms with Crippen LogP contribution in [-0.4, -0.2) is 31.1 Å². The first-order valence-electron chi connectivity index (χ1n) is 8.55. The van der Waals surface area contributed by atoms with Crippen LogP contribution in [0.25, 0.3) is 10.6 Å². The molecule has 1 amide bonds. The lowest BCUT2D eigenvalue weighted by molar-refractivity contribution is 0.102. The van der Waals surface area contributed by atoms with Crippen molar-refractivity contribution in [2.75, 3.05) is 5.32 Å². The maximum Gasteiger partial charge on any atom is 0.267 e. The lowest BCUT2D eigenvalue weighted by Gasteiger charge is -2.10. The Hall–Kier alpha value is -2.56. The second-order valence-corrected chi connectivity index (χ2v) is 9.01. The van der Waals surface area contributed by atoms with Crippen LogP contribution in [-0.2, 0) is 7.05 Å². The molecule has 0 atom stereocenters. The van der Waals surface area contributed by atoms with Gasteiger partial charge in [-0.1, -0.05) is 46.3 Å². The predicted octanol–water partition coefficient (Wildman–Crippen LogP) is 4.81. The molecule has 0 spiro atoms. The Morgan fingerprint density at radius 1 is 1.21 bits per heavy atom. The summed E-state index contributed by atoms with van der Waals surface area (Å²) in [5, 5.41) is 16.0. The van der Waals surface area contributed by atoms with E-state index in [2.05, 4.69) is 41.8 Å². The Bertz CT molecular complexity index is 1170. The van der Waals surface area contributed by atoms with Crippen LogP contribution in [0.3, 0.4) is 0 Å². The average molecular weight is 487 g/mol. The predicted molar refractivity (Wildman–Crippen MR) is 117 cm³/mol. The molecule has 146 valence electrons. The van der Waals surface area contributed by atoms with E-state index in [1.807, 2.05) is 55.5 Å². The van der Waals surface area contributed by atoms with Gasteiger partial charge >= 0.3 is 0 Å². The molecule has 0 saturated heterocycles. The van der Waals surface area contributed by atoms with Crippen LogP contribution in [0.15, 0.2) is 63.1 Å². The molecule has 0 aliphatic rings. The van der Waals surface area contributed by atoms with Crippen LogP contribution in [0.4, 0.5) is 5.69 Å². The molecule has 10 heteroatoms. The second kappa shape index (κ2) is 8.44. The fourth-order valence-electron chi connectivity index (χ4n) is 2.59. The lowest BCUT2D eigenvalue weighted by atomic mass is 10.2. The molecule has 4 rings (SSSR count). The van der Waals surface area contributed by atoms with E-state index in [9.17, 15) is 4.79 Å². The minimum atomic E-state index is -0.196. The Kier molecular flexibility index (Phi) is 5.74. The fourth-order valence-corrected chi connectivity index (χ4v) is 4.71. The molecule has 7 nitrogen and oxygen atoms in total. The number of hydrogen-bond acceptors (Lipinski definition) is 7. The number of hydrogen-bond donors (Lipinski definition) is 1. The molecule has 2 aromatic carbocycles. The van der Waals surface area contributed by atoms with Crippen molar-refractivity contribution in [1.82, 2.24) is 25.2 Å². The van der Waals surface area contributed by atoms with E-state index < -0.39 is 0 Å². The van der Waals surface area contributed by atoms with Gasteiger partial charge in [0.25, 0.3) is 5.91 Å². The summed E-state index contributed by atoms with van der Waals surface area (Å²) >= 11 is 6.23. The van der Waals surface area contributed by atoms with Crippen LogP contribution in [0, 0.1) is 6.92 Å². The van der Waals surface area contributed by atoms with Crippen LogP contribution in [0.1, 0.15) is 15.4 Å². The van der Waals surface area contributed by atoms with Crippen molar-refractivity contribution in [3.63, 3.8) is 0 Å². The largest absolute Gasteiger partial charge is 0.320 e. The molecule has 0 unspecified atom stereocenters. The summed E-state index contributed by atoms with van der Waals surface area (Å²) in [7, 11) is 1.77. The van der Waals surface area contributed by atoms with E-state index in [1.54, 1.807) is 11.7 Å². The molecule has 0 saturated carbocycles. The third-order valence-corrected chi connectivity index (χ3v) is 6.80. The smallest absolute Gasteiger partial charge is 0.267 e. The Labute approximate surface area is 183 Å². The number of halogens is 1. The SMILES string of the molecule is Cc1nc(-c2ccccc2)sc1C(=O)Nc1cc(Br)ccc1Sc1nnnn1C. The van der Waals surface area contributed by atoms with Gasteiger partial charge < -0.3 is 5.32 Å². The Morgan fingerprint density at radius 2 is 2.00 bits per heavy atom. The summed E-state index contributed by atoms with van der Waals surface area (Å²) in [4.78, 5) is 19.0. The number of aromatic nitrogens is 5. The van der Waals surface area contributed by atoms with E-state index in [-0.39, 0.29) is 5.91 Å². The summed E-state index contributed by atoms with van der Waals surface area (Å²) in [6, 6.07) is 15.5. The molecule has 2 aromatic heterocycles. The number of tetrazole rings is 1.